The van der Waals surface area contributed by atoms with Gasteiger partial charge in [-0.1, -0.05) is 6.07 Å². The van der Waals surface area contributed by atoms with Crippen molar-refractivity contribution in [1.29, 1.82) is 0 Å². The Morgan fingerprint density at radius 2 is 2.00 bits per heavy atom. The van der Waals surface area contributed by atoms with Crippen LogP contribution in [0, 0.1) is 0 Å². The molecule has 0 saturated carbocycles. The van der Waals surface area contributed by atoms with Gasteiger partial charge in [0.2, 0.25) is 0 Å². The van der Waals surface area contributed by atoms with E-state index in [4.69, 9.17) is 4.98 Å². The van der Waals surface area contributed by atoms with Gasteiger partial charge in [0.1, 0.15) is 5.82 Å². The summed E-state index contributed by atoms with van der Waals surface area (Å²) >= 11 is 0. The zero-order valence-corrected chi connectivity index (χ0v) is 13.1. The Kier molecular flexibility index (Phi) is 3.88. The lowest BCUT2D eigenvalue weighted by molar-refractivity contribution is 0.240. The summed E-state index contributed by atoms with van der Waals surface area (Å²) in [5, 5.41) is 0. The first-order chi connectivity index (χ1) is 11.8. The normalized spacial score (nSPS) is 14.3. The monoisotopic (exact) mass is 319 g/mol. The zero-order valence-electron chi connectivity index (χ0n) is 13.1. The summed E-state index contributed by atoms with van der Waals surface area (Å²) in [6.07, 6.45) is 7.77. The van der Waals surface area contributed by atoms with Gasteiger partial charge in [-0.15, -0.1) is 0 Å². The van der Waals surface area contributed by atoms with E-state index in [2.05, 4.69) is 25.9 Å². The number of hydrogen-bond donors (Lipinski definition) is 1. The van der Waals surface area contributed by atoms with Crippen LogP contribution < -0.4 is 5.56 Å². The second-order valence-corrected chi connectivity index (χ2v) is 5.90. The fourth-order valence-electron chi connectivity index (χ4n) is 3.03. The molecule has 1 aliphatic rings. The molecular weight excluding hydrogens is 302 g/mol. The van der Waals surface area contributed by atoms with E-state index in [1.54, 1.807) is 18.6 Å². The molecule has 0 saturated heterocycles. The number of hydrogen-bond acceptors (Lipinski definition) is 5. The number of rotatable bonds is 3. The van der Waals surface area contributed by atoms with Crippen LogP contribution in [-0.4, -0.2) is 31.4 Å². The minimum atomic E-state index is -0.0344. The average molecular weight is 319 g/mol. The molecule has 6 heteroatoms. The first kappa shape index (κ1) is 14.7. The number of fused-ring (bicyclic) bond motifs is 1. The maximum atomic E-state index is 12.4. The van der Waals surface area contributed by atoms with Crippen LogP contribution in [0.2, 0.25) is 0 Å². The predicted molar refractivity (Wildman–Crippen MR) is 90.1 cm³/mol. The molecule has 0 bridgehead atoms. The van der Waals surface area contributed by atoms with Gasteiger partial charge < -0.3 is 4.98 Å². The van der Waals surface area contributed by atoms with Crippen LogP contribution in [0.15, 0.2) is 53.8 Å². The van der Waals surface area contributed by atoms with E-state index >= 15 is 0 Å². The Morgan fingerprint density at radius 1 is 1.12 bits per heavy atom. The van der Waals surface area contributed by atoms with Gasteiger partial charge in [-0.3, -0.25) is 19.7 Å². The third-order valence-electron chi connectivity index (χ3n) is 4.24. The van der Waals surface area contributed by atoms with Crippen molar-refractivity contribution in [2.75, 3.05) is 6.54 Å². The number of aromatic amines is 1. The highest BCUT2D eigenvalue weighted by Crippen LogP contribution is 2.19. The quantitative estimate of drug-likeness (QED) is 0.796. The maximum absolute atomic E-state index is 12.4. The van der Waals surface area contributed by atoms with E-state index in [1.165, 1.54) is 5.56 Å². The molecule has 4 heterocycles. The molecule has 3 aromatic heterocycles. The van der Waals surface area contributed by atoms with Crippen LogP contribution >= 0.6 is 0 Å². The van der Waals surface area contributed by atoms with Crippen LogP contribution in [0.3, 0.4) is 0 Å². The highest BCUT2D eigenvalue weighted by atomic mass is 16.1. The number of aromatic nitrogens is 4. The van der Waals surface area contributed by atoms with E-state index < -0.39 is 0 Å². The first-order valence-corrected chi connectivity index (χ1v) is 7.93. The van der Waals surface area contributed by atoms with Crippen molar-refractivity contribution in [1.82, 2.24) is 24.8 Å². The van der Waals surface area contributed by atoms with Crippen LogP contribution in [0.25, 0.3) is 11.4 Å². The molecule has 0 spiro atoms. The molecular formula is C18H17N5O. The summed E-state index contributed by atoms with van der Waals surface area (Å²) in [5.74, 6) is 0.601. The van der Waals surface area contributed by atoms with Gasteiger partial charge in [-0.05, 0) is 30.2 Å². The van der Waals surface area contributed by atoms with Crippen molar-refractivity contribution in [3.05, 3.63) is 76.2 Å². The van der Waals surface area contributed by atoms with Gasteiger partial charge in [0, 0.05) is 55.5 Å². The molecule has 0 aliphatic carbocycles. The molecule has 4 rings (SSSR count). The van der Waals surface area contributed by atoms with Crippen LogP contribution in [0.4, 0.5) is 0 Å². The third kappa shape index (κ3) is 2.96. The molecule has 3 aromatic rings. The third-order valence-corrected chi connectivity index (χ3v) is 4.24. The standard InChI is InChI=1S/C18H17N5O/c24-18-15-5-9-23(11-13-2-1-6-20-10-13)12-16(15)21-17(22-18)14-3-7-19-8-4-14/h1-4,6-8,10H,5,9,11-12H2,(H,21,22,24). The first-order valence-electron chi connectivity index (χ1n) is 7.93. The molecule has 120 valence electrons. The van der Waals surface area contributed by atoms with E-state index in [0.717, 1.165) is 29.9 Å². The Hall–Kier alpha value is -2.86. The van der Waals surface area contributed by atoms with Gasteiger partial charge in [0.15, 0.2) is 0 Å². The molecule has 0 aromatic carbocycles. The molecule has 0 fully saturated rings. The van der Waals surface area contributed by atoms with Crippen molar-refractivity contribution in [2.24, 2.45) is 0 Å². The lowest BCUT2D eigenvalue weighted by atomic mass is 10.1. The molecule has 24 heavy (non-hydrogen) atoms. The van der Waals surface area contributed by atoms with Crippen molar-refractivity contribution in [2.45, 2.75) is 19.5 Å². The van der Waals surface area contributed by atoms with Crippen molar-refractivity contribution in [3.63, 3.8) is 0 Å². The lowest BCUT2D eigenvalue weighted by Gasteiger charge is -2.27. The molecule has 1 aliphatic heterocycles. The largest absolute Gasteiger partial charge is 0.306 e. The molecule has 0 atom stereocenters. The van der Waals surface area contributed by atoms with Gasteiger partial charge in [-0.25, -0.2) is 4.98 Å². The molecule has 1 N–H and O–H groups in total. The smallest absolute Gasteiger partial charge is 0.254 e. The Balaban J connectivity index is 1.62. The van der Waals surface area contributed by atoms with Crippen molar-refractivity contribution in [3.8, 4) is 11.4 Å². The van der Waals surface area contributed by atoms with Gasteiger partial charge in [0.25, 0.3) is 5.56 Å². The van der Waals surface area contributed by atoms with Crippen LogP contribution in [-0.2, 0) is 19.5 Å². The highest BCUT2D eigenvalue weighted by Gasteiger charge is 2.21. The topological polar surface area (TPSA) is 74.8 Å². The second kappa shape index (κ2) is 6.33. The summed E-state index contributed by atoms with van der Waals surface area (Å²) in [4.78, 5) is 30.4. The average Bonchev–Trinajstić information content (AvgIpc) is 2.63. The fourth-order valence-corrected chi connectivity index (χ4v) is 3.03. The van der Waals surface area contributed by atoms with E-state index in [0.29, 0.717) is 18.8 Å². The summed E-state index contributed by atoms with van der Waals surface area (Å²) in [7, 11) is 0. The Morgan fingerprint density at radius 3 is 2.79 bits per heavy atom. The lowest BCUT2D eigenvalue weighted by Crippen LogP contribution is -2.35. The van der Waals surface area contributed by atoms with Crippen LogP contribution in [0.5, 0.6) is 0 Å². The fraction of sp³-hybridized carbons (Fsp3) is 0.222. The number of pyridine rings is 2. The van der Waals surface area contributed by atoms with Crippen molar-refractivity contribution >= 4 is 0 Å². The Bertz CT molecular complexity index is 892. The second-order valence-electron chi connectivity index (χ2n) is 5.90. The van der Waals surface area contributed by atoms with E-state index in [1.807, 2.05) is 24.4 Å². The van der Waals surface area contributed by atoms with Gasteiger partial charge in [0.05, 0.1) is 5.69 Å². The molecule has 0 unspecified atom stereocenters. The van der Waals surface area contributed by atoms with E-state index in [9.17, 15) is 4.79 Å². The SMILES string of the molecule is O=c1[nH]c(-c2ccncc2)nc2c1CCN(Cc1cccnc1)C2. The summed E-state index contributed by atoms with van der Waals surface area (Å²) in [6.45, 7) is 2.33. The minimum Gasteiger partial charge on any atom is -0.306 e. The minimum absolute atomic E-state index is 0.0344. The molecule has 0 radical (unpaired) electrons. The van der Waals surface area contributed by atoms with Gasteiger partial charge >= 0.3 is 0 Å². The predicted octanol–water partition coefficient (Wildman–Crippen LogP) is 1.79. The maximum Gasteiger partial charge on any atom is 0.254 e. The molecule has 0 amide bonds. The zero-order chi connectivity index (χ0) is 16.4. The number of nitrogens with zero attached hydrogens (tertiary/aromatic N) is 4. The Labute approximate surface area is 139 Å². The van der Waals surface area contributed by atoms with Gasteiger partial charge in [-0.2, -0.15) is 0 Å². The molecule has 6 nitrogen and oxygen atoms in total. The highest BCUT2D eigenvalue weighted by molar-refractivity contribution is 5.54. The number of nitrogens with one attached hydrogen (secondary N) is 1. The van der Waals surface area contributed by atoms with E-state index in [-0.39, 0.29) is 5.56 Å². The summed E-state index contributed by atoms with van der Waals surface area (Å²) in [5.41, 5.74) is 3.67. The summed E-state index contributed by atoms with van der Waals surface area (Å²) < 4.78 is 0. The van der Waals surface area contributed by atoms with Crippen molar-refractivity contribution < 1.29 is 0 Å². The number of H-pyrrole nitrogens is 1. The van der Waals surface area contributed by atoms with Crippen LogP contribution in [0.1, 0.15) is 16.8 Å². The summed E-state index contributed by atoms with van der Waals surface area (Å²) in [6, 6.07) is 7.70.